The standard InChI is InChI=1S/C11H7Cl2NOS2/c1-16-11-14-9(10(15)17-11)5-6-2-3-7(12)8(13)4-6/h2-5H,1H3/b9-5-. The Bertz CT molecular complexity index is 540. The van der Waals surface area contributed by atoms with Crippen molar-refractivity contribution in [2.24, 2.45) is 4.99 Å². The Labute approximate surface area is 117 Å². The van der Waals surface area contributed by atoms with Gasteiger partial charge in [0, 0.05) is 0 Å². The third-order valence-electron chi connectivity index (χ3n) is 2.02. The number of benzene rings is 1. The van der Waals surface area contributed by atoms with E-state index in [1.807, 2.05) is 6.26 Å². The minimum absolute atomic E-state index is 0.0413. The maximum atomic E-state index is 11.6. The van der Waals surface area contributed by atoms with E-state index in [1.165, 1.54) is 11.8 Å². The van der Waals surface area contributed by atoms with Gasteiger partial charge in [-0.2, -0.15) is 0 Å². The molecule has 88 valence electrons. The van der Waals surface area contributed by atoms with Crippen LogP contribution in [0.4, 0.5) is 0 Å². The Balaban J connectivity index is 2.33. The highest BCUT2D eigenvalue weighted by molar-refractivity contribution is 8.45. The Kier molecular flexibility index (Phi) is 4.20. The van der Waals surface area contributed by atoms with Crippen molar-refractivity contribution in [3.8, 4) is 0 Å². The van der Waals surface area contributed by atoms with Gasteiger partial charge in [0.25, 0.3) is 0 Å². The number of halogens is 2. The second-order valence-electron chi connectivity index (χ2n) is 3.17. The van der Waals surface area contributed by atoms with Crippen LogP contribution in [0, 0.1) is 0 Å². The zero-order valence-electron chi connectivity index (χ0n) is 8.74. The fourth-order valence-electron chi connectivity index (χ4n) is 1.24. The summed E-state index contributed by atoms with van der Waals surface area (Å²) < 4.78 is 0.765. The van der Waals surface area contributed by atoms with E-state index in [-0.39, 0.29) is 5.12 Å². The van der Waals surface area contributed by atoms with Crippen LogP contribution in [-0.2, 0) is 4.79 Å². The molecule has 1 aliphatic heterocycles. The van der Waals surface area contributed by atoms with Crippen LogP contribution in [0.5, 0.6) is 0 Å². The monoisotopic (exact) mass is 303 g/mol. The van der Waals surface area contributed by atoms with E-state index in [1.54, 1.807) is 24.3 Å². The third kappa shape index (κ3) is 3.07. The zero-order valence-corrected chi connectivity index (χ0v) is 11.9. The molecule has 0 radical (unpaired) electrons. The first-order valence-electron chi connectivity index (χ1n) is 4.62. The number of rotatable bonds is 1. The van der Waals surface area contributed by atoms with Crippen molar-refractivity contribution in [1.82, 2.24) is 0 Å². The SMILES string of the molecule is CSC1=N/C(=C\c2ccc(Cl)c(Cl)c2)C(=O)S1. The molecule has 1 heterocycles. The highest BCUT2D eigenvalue weighted by atomic mass is 35.5. The number of thioether (sulfide) groups is 2. The van der Waals surface area contributed by atoms with Crippen LogP contribution in [0.25, 0.3) is 6.08 Å². The van der Waals surface area contributed by atoms with Gasteiger partial charge < -0.3 is 0 Å². The van der Waals surface area contributed by atoms with Gasteiger partial charge in [-0.1, -0.05) is 29.3 Å². The first kappa shape index (κ1) is 13.0. The molecular weight excluding hydrogens is 297 g/mol. The van der Waals surface area contributed by atoms with E-state index in [2.05, 4.69) is 4.99 Å². The lowest BCUT2D eigenvalue weighted by Gasteiger charge is -1.98. The smallest absolute Gasteiger partial charge is 0.244 e. The predicted octanol–water partition coefficient (Wildman–Crippen LogP) is 4.33. The first-order chi connectivity index (χ1) is 8.10. The summed E-state index contributed by atoms with van der Waals surface area (Å²) in [5.41, 5.74) is 1.26. The predicted molar refractivity (Wildman–Crippen MR) is 78.0 cm³/mol. The van der Waals surface area contributed by atoms with Crippen LogP contribution >= 0.6 is 46.7 Å². The van der Waals surface area contributed by atoms with Crippen molar-refractivity contribution in [3.63, 3.8) is 0 Å². The molecule has 0 atom stereocenters. The van der Waals surface area contributed by atoms with Gasteiger partial charge in [0.2, 0.25) is 5.12 Å². The number of hydrogen-bond donors (Lipinski definition) is 0. The average Bonchev–Trinajstić information content (AvgIpc) is 2.65. The van der Waals surface area contributed by atoms with Crippen molar-refractivity contribution >= 4 is 62.3 Å². The average molecular weight is 304 g/mol. The van der Waals surface area contributed by atoms with Gasteiger partial charge in [0.15, 0.2) is 0 Å². The Morgan fingerprint density at radius 3 is 2.71 bits per heavy atom. The molecule has 0 bridgehead atoms. The Hall–Kier alpha value is -0.420. The molecule has 0 N–H and O–H groups in total. The summed E-state index contributed by atoms with van der Waals surface area (Å²) in [5, 5.41) is 0.919. The van der Waals surface area contributed by atoms with Gasteiger partial charge in [-0.3, -0.25) is 4.79 Å². The fourth-order valence-corrected chi connectivity index (χ4v) is 2.81. The molecule has 17 heavy (non-hydrogen) atoms. The summed E-state index contributed by atoms with van der Waals surface area (Å²) in [6.07, 6.45) is 3.60. The fraction of sp³-hybridized carbons (Fsp3) is 0.0909. The number of aliphatic imine (C=N–C) groups is 1. The molecular formula is C11H7Cl2NOS2. The molecule has 1 aliphatic rings. The molecule has 2 rings (SSSR count). The van der Waals surface area contributed by atoms with Crippen LogP contribution in [0.15, 0.2) is 28.9 Å². The number of carbonyl (C=O) groups excluding carboxylic acids is 1. The van der Waals surface area contributed by atoms with E-state index in [4.69, 9.17) is 23.2 Å². The second kappa shape index (κ2) is 5.48. The van der Waals surface area contributed by atoms with Crippen LogP contribution in [0.2, 0.25) is 10.0 Å². The molecule has 1 aromatic carbocycles. The molecule has 0 saturated heterocycles. The summed E-state index contributed by atoms with van der Waals surface area (Å²) in [4.78, 5) is 15.8. The molecule has 0 spiro atoms. The largest absolute Gasteiger partial charge is 0.279 e. The maximum absolute atomic E-state index is 11.6. The molecule has 1 aromatic rings. The second-order valence-corrected chi connectivity index (χ2v) is 6.00. The Morgan fingerprint density at radius 2 is 2.12 bits per heavy atom. The molecule has 0 aromatic heterocycles. The highest BCUT2D eigenvalue weighted by Gasteiger charge is 2.21. The van der Waals surface area contributed by atoms with Crippen molar-refractivity contribution in [3.05, 3.63) is 39.5 Å². The molecule has 6 heteroatoms. The first-order valence-corrected chi connectivity index (χ1v) is 7.41. The molecule has 0 aliphatic carbocycles. The van der Waals surface area contributed by atoms with Crippen molar-refractivity contribution in [2.75, 3.05) is 6.26 Å². The third-order valence-corrected chi connectivity index (χ3v) is 4.61. The van der Waals surface area contributed by atoms with E-state index in [0.717, 1.165) is 21.7 Å². The minimum Gasteiger partial charge on any atom is -0.279 e. The number of carbonyl (C=O) groups is 1. The van der Waals surface area contributed by atoms with E-state index >= 15 is 0 Å². The topological polar surface area (TPSA) is 29.4 Å². The number of hydrogen-bond acceptors (Lipinski definition) is 4. The Morgan fingerprint density at radius 1 is 1.35 bits per heavy atom. The summed E-state index contributed by atoms with van der Waals surface area (Å²) >= 11 is 14.3. The zero-order chi connectivity index (χ0) is 12.4. The highest BCUT2D eigenvalue weighted by Crippen LogP contribution is 2.30. The number of nitrogens with zero attached hydrogens (tertiary/aromatic N) is 1. The molecule has 0 amide bonds. The van der Waals surface area contributed by atoms with Crippen LogP contribution in [0.1, 0.15) is 5.56 Å². The van der Waals surface area contributed by atoms with Crippen molar-refractivity contribution in [2.45, 2.75) is 0 Å². The molecule has 0 fully saturated rings. The van der Waals surface area contributed by atoms with Gasteiger partial charge in [-0.15, -0.1) is 11.8 Å². The summed E-state index contributed by atoms with van der Waals surface area (Å²) in [7, 11) is 0. The van der Waals surface area contributed by atoms with Crippen molar-refractivity contribution < 1.29 is 4.79 Å². The molecule has 2 nitrogen and oxygen atoms in total. The maximum Gasteiger partial charge on any atom is 0.244 e. The van der Waals surface area contributed by atoms with Gasteiger partial charge in [-0.25, -0.2) is 4.99 Å². The summed E-state index contributed by atoms with van der Waals surface area (Å²) in [6.45, 7) is 0. The van der Waals surface area contributed by atoms with Crippen LogP contribution in [0.3, 0.4) is 0 Å². The summed E-state index contributed by atoms with van der Waals surface area (Å²) in [6, 6.07) is 5.20. The van der Waals surface area contributed by atoms with Gasteiger partial charge in [0.05, 0.1) is 10.0 Å². The van der Waals surface area contributed by atoms with E-state index < -0.39 is 0 Å². The van der Waals surface area contributed by atoms with E-state index in [0.29, 0.717) is 15.7 Å². The normalized spacial score (nSPS) is 17.7. The lowest BCUT2D eigenvalue weighted by Crippen LogP contribution is -1.87. The van der Waals surface area contributed by atoms with Crippen LogP contribution < -0.4 is 0 Å². The van der Waals surface area contributed by atoms with Gasteiger partial charge in [0.1, 0.15) is 10.1 Å². The molecule has 0 saturated carbocycles. The van der Waals surface area contributed by atoms with Gasteiger partial charge in [-0.05, 0) is 41.8 Å². The minimum atomic E-state index is -0.0413. The quantitative estimate of drug-likeness (QED) is 0.723. The van der Waals surface area contributed by atoms with Gasteiger partial charge >= 0.3 is 0 Å². The van der Waals surface area contributed by atoms with Crippen LogP contribution in [-0.4, -0.2) is 15.7 Å². The van der Waals surface area contributed by atoms with Crippen molar-refractivity contribution in [1.29, 1.82) is 0 Å². The lowest BCUT2D eigenvalue weighted by molar-refractivity contribution is -0.107. The lowest BCUT2D eigenvalue weighted by atomic mass is 10.2. The molecule has 0 unspecified atom stereocenters. The summed E-state index contributed by atoms with van der Waals surface area (Å²) in [5.74, 6) is 0. The van der Waals surface area contributed by atoms with E-state index in [9.17, 15) is 4.79 Å².